The summed E-state index contributed by atoms with van der Waals surface area (Å²) >= 11 is 1.83. The quantitative estimate of drug-likeness (QED) is 0.161. The van der Waals surface area contributed by atoms with E-state index in [1.165, 1.54) is 64.2 Å². The lowest BCUT2D eigenvalue weighted by Gasteiger charge is -2.13. The number of para-hydroxylation sites is 3. The SMILES string of the molecule is c1ccc(-c2ccc(-c3ccc(-c4nc(-c5cccc(-c6cccc7c8ccccc8n(-c8ccccc8)c67)c5)cc(-c5ccc6c(c5)sc5ccccc56)n4)cc3)cc2)cc1. The van der Waals surface area contributed by atoms with Gasteiger partial charge in [0, 0.05) is 58.9 Å². The molecule has 0 amide bonds. The molecule has 12 rings (SSSR count). The molecule has 0 aliphatic rings. The van der Waals surface area contributed by atoms with Crippen LogP contribution in [0.5, 0.6) is 0 Å². The Hall–Kier alpha value is -7.92. The number of hydrogen-bond donors (Lipinski definition) is 0. The fourth-order valence-electron chi connectivity index (χ4n) is 9.00. The first-order valence-corrected chi connectivity index (χ1v) is 21.8. The van der Waals surface area contributed by atoms with Crippen molar-refractivity contribution in [2.75, 3.05) is 0 Å². The van der Waals surface area contributed by atoms with Crippen LogP contribution in [0.4, 0.5) is 0 Å². The number of hydrogen-bond acceptors (Lipinski definition) is 3. The molecule has 4 heteroatoms. The first-order chi connectivity index (χ1) is 30.7. The van der Waals surface area contributed by atoms with Crippen LogP contribution >= 0.6 is 11.3 Å². The van der Waals surface area contributed by atoms with Crippen LogP contribution in [0, 0.1) is 0 Å². The third-order valence-corrected chi connectivity index (χ3v) is 13.2. The highest BCUT2D eigenvalue weighted by atomic mass is 32.1. The van der Waals surface area contributed by atoms with E-state index in [1.807, 2.05) is 11.3 Å². The normalized spacial score (nSPS) is 11.5. The third-order valence-electron chi connectivity index (χ3n) is 12.0. The predicted molar refractivity (Wildman–Crippen MR) is 262 cm³/mol. The third kappa shape index (κ3) is 6.28. The van der Waals surface area contributed by atoms with Gasteiger partial charge in [-0.1, -0.05) is 182 Å². The van der Waals surface area contributed by atoms with Crippen molar-refractivity contribution < 1.29 is 0 Å². The van der Waals surface area contributed by atoms with Gasteiger partial charge in [0.15, 0.2) is 5.82 Å². The van der Waals surface area contributed by atoms with Crippen molar-refractivity contribution in [2.24, 2.45) is 0 Å². The zero-order valence-electron chi connectivity index (χ0n) is 33.6. The number of benzene rings is 9. The molecule has 0 fully saturated rings. The van der Waals surface area contributed by atoms with Gasteiger partial charge < -0.3 is 4.57 Å². The molecular weight excluding hydrogens is 771 g/mol. The van der Waals surface area contributed by atoms with Gasteiger partial charge in [-0.3, -0.25) is 0 Å². The molecule has 0 unspecified atom stereocenters. The topological polar surface area (TPSA) is 30.7 Å². The van der Waals surface area contributed by atoms with Gasteiger partial charge in [-0.15, -0.1) is 11.3 Å². The molecule has 0 aliphatic carbocycles. The van der Waals surface area contributed by atoms with Crippen molar-refractivity contribution in [3.05, 3.63) is 224 Å². The van der Waals surface area contributed by atoms with Crippen molar-refractivity contribution in [1.82, 2.24) is 14.5 Å². The number of thiophene rings is 1. The molecular formula is C58H37N3S. The summed E-state index contributed by atoms with van der Waals surface area (Å²) in [6.07, 6.45) is 0. The lowest BCUT2D eigenvalue weighted by Crippen LogP contribution is -1.97. The first kappa shape index (κ1) is 36.0. The van der Waals surface area contributed by atoms with Crippen LogP contribution < -0.4 is 0 Å². The van der Waals surface area contributed by atoms with E-state index in [-0.39, 0.29) is 0 Å². The maximum absolute atomic E-state index is 5.33. The molecule has 0 saturated heterocycles. The highest BCUT2D eigenvalue weighted by Crippen LogP contribution is 2.41. The monoisotopic (exact) mass is 807 g/mol. The van der Waals surface area contributed by atoms with Crippen molar-refractivity contribution in [3.63, 3.8) is 0 Å². The van der Waals surface area contributed by atoms with Gasteiger partial charge in [0.2, 0.25) is 0 Å². The number of nitrogens with zero attached hydrogens (tertiary/aromatic N) is 3. The van der Waals surface area contributed by atoms with Gasteiger partial charge in [-0.25, -0.2) is 9.97 Å². The van der Waals surface area contributed by atoms with Crippen LogP contribution in [-0.2, 0) is 0 Å². The summed E-state index contributed by atoms with van der Waals surface area (Å²) in [5, 5.41) is 5.02. The van der Waals surface area contributed by atoms with Crippen molar-refractivity contribution in [1.29, 1.82) is 0 Å². The summed E-state index contributed by atoms with van der Waals surface area (Å²) in [5.74, 6) is 0.691. The molecule has 0 radical (unpaired) electrons. The Morgan fingerprint density at radius 3 is 1.58 bits per heavy atom. The van der Waals surface area contributed by atoms with E-state index < -0.39 is 0 Å². The molecule has 0 atom stereocenters. The Morgan fingerprint density at radius 1 is 0.323 bits per heavy atom. The Morgan fingerprint density at radius 2 is 0.839 bits per heavy atom. The highest BCUT2D eigenvalue weighted by Gasteiger charge is 2.18. The number of aromatic nitrogens is 3. The summed E-state index contributed by atoms with van der Waals surface area (Å²) in [4.78, 5) is 10.6. The standard InChI is InChI=1S/C58H37N3S/c1-3-13-38(14-4-1)39-25-27-40(28-26-39)41-29-31-42(32-30-41)58-59-52(37-53(60-58)45-33-34-50-49-20-8-10-24-55(49)62-56(50)36-45)44-16-11-15-43(35-44)47-21-12-22-51-48-19-7-9-23-54(48)61(57(47)51)46-17-5-2-6-18-46/h1-37H. The van der Waals surface area contributed by atoms with E-state index in [0.717, 1.165) is 44.9 Å². The molecule has 3 nitrogen and oxygen atoms in total. The Balaban J connectivity index is 0.986. The summed E-state index contributed by atoms with van der Waals surface area (Å²) in [5.41, 5.74) is 15.4. The molecule has 0 aliphatic heterocycles. The molecule has 12 aromatic rings. The summed E-state index contributed by atoms with van der Waals surface area (Å²) < 4.78 is 4.94. The van der Waals surface area contributed by atoms with Gasteiger partial charge in [-0.05, 0) is 70.3 Å². The molecule has 0 spiro atoms. The maximum atomic E-state index is 5.33. The molecule has 3 heterocycles. The Bertz CT molecular complexity index is 3600. The van der Waals surface area contributed by atoms with E-state index in [9.17, 15) is 0 Å². The summed E-state index contributed by atoms with van der Waals surface area (Å²) in [7, 11) is 0. The number of rotatable bonds is 7. The van der Waals surface area contributed by atoms with E-state index in [4.69, 9.17) is 9.97 Å². The fraction of sp³-hybridized carbons (Fsp3) is 0. The zero-order chi connectivity index (χ0) is 41.0. The number of fused-ring (bicyclic) bond motifs is 6. The van der Waals surface area contributed by atoms with E-state index in [0.29, 0.717) is 5.82 Å². The minimum atomic E-state index is 0.691. The van der Waals surface area contributed by atoms with Gasteiger partial charge in [0.05, 0.1) is 22.4 Å². The first-order valence-electron chi connectivity index (χ1n) is 21.0. The van der Waals surface area contributed by atoms with Gasteiger partial charge in [0.1, 0.15) is 0 Å². The van der Waals surface area contributed by atoms with E-state index >= 15 is 0 Å². The van der Waals surface area contributed by atoms with Crippen molar-refractivity contribution >= 4 is 53.3 Å². The van der Waals surface area contributed by atoms with Crippen LogP contribution in [0.25, 0.3) is 115 Å². The van der Waals surface area contributed by atoms with Gasteiger partial charge in [0.25, 0.3) is 0 Å². The molecule has 0 bridgehead atoms. The lowest BCUT2D eigenvalue weighted by atomic mass is 9.98. The highest BCUT2D eigenvalue weighted by molar-refractivity contribution is 7.25. The van der Waals surface area contributed by atoms with Gasteiger partial charge in [-0.2, -0.15) is 0 Å². The van der Waals surface area contributed by atoms with Crippen LogP contribution in [0.1, 0.15) is 0 Å². The zero-order valence-corrected chi connectivity index (χ0v) is 34.4. The maximum Gasteiger partial charge on any atom is 0.160 e. The second kappa shape index (κ2) is 15.0. The van der Waals surface area contributed by atoms with Crippen LogP contribution in [-0.4, -0.2) is 14.5 Å². The van der Waals surface area contributed by atoms with Crippen molar-refractivity contribution in [2.45, 2.75) is 0 Å². The smallest absolute Gasteiger partial charge is 0.160 e. The molecule has 3 aromatic heterocycles. The second-order valence-corrected chi connectivity index (χ2v) is 16.8. The van der Waals surface area contributed by atoms with E-state index in [2.05, 4.69) is 229 Å². The van der Waals surface area contributed by atoms with Crippen LogP contribution in [0.15, 0.2) is 224 Å². The van der Waals surface area contributed by atoms with Crippen LogP contribution in [0.3, 0.4) is 0 Å². The van der Waals surface area contributed by atoms with Crippen LogP contribution in [0.2, 0.25) is 0 Å². The average Bonchev–Trinajstić information content (AvgIpc) is 3.90. The van der Waals surface area contributed by atoms with Crippen molar-refractivity contribution in [3.8, 4) is 73.0 Å². The minimum Gasteiger partial charge on any atom is -0.309 e. The summed E-state index contributed by atoms with van der Waals surface area (Å²) in [6, 6.07) is 80.4. The minimum absolute atomic E-state index is 0.691. The van der Waals surface area contributed by atoms with Gasteiger partial charge >= 0.3 is 0 Å². The summed E-state index contributed by atoms with van der Waals surface area (Å²) in [6.45, 7) is 0. The molecule has 62 heavy (non-hydrogen) atoms. The largest absolute Gasteiger partial charge is 0.309 e. The second-order valence-electron chi connectivity index (χ2n) is 15.8. The molecule has 0 N–H and O–H groups in total. The molecule has 0 saturated carbocycles. The fourth-order valence-corrected chi connectivity index (χ4v) is 10.1. The van der Waals surface area contributed by atoms with E-state index in [1.54, 1.807) is 0 Å². The average molecular weight is 808 g/mol. The Kier molecular flexibility index (Phi) is 8.68. The predicted octanol–water partition coefficient (Wildman–Crippen LogP) is 15.9. The Labute approximate surface area is 363 Å². The lowest BCUT2D eigenvalue weighted by molar-refractivity contribution is 1.18. The molecule has 290 valence electrons. The molecule has 9 aromatic carbocycles.